The Hall–Kier alpha value is -4.78. The fraction of sp³-hybridized carbons (Fsp3) is 0.808. The first-order valence-electron chi connectivity index (χ1n) is 23.2. The van der Waals surface area contributed by atoms with E-state index in [0.717, 1.165) is 13.5 Å². The maximum atomic E-state index is 14.6. The molecule has 0 spiro atoms. The van der Waals surface area contributed by atoms with Crippen molar-refractivity contribution in [2.75, 3.05) is 26.9 Å². The largest absolute Gasteiger partial charge is 0.481 e. The Bertz CT molecular complexity index is 2110. The van der Waals surface area contributed by atoms with E-state index in [1.807, 2.05) is 6.92 Å². The highest BCUT2D eigenvalue weighted by Gasteiger charge is 2.75. The van der Waals surface area contributed by atoms with Crippen molar-refractivity contribution in [2.45, 2.75) is 110 Å². The second kappa shape index (κ2) is 21.7. The molecule has 400 valence electrons. The summed E-state index contributed by atoms with van der Waals surface area (Å²) in [4.78, 5) is 138. The molecule has 6 saturated carbocycles. The van der Waals surface area contributed by atoms with Crippen LogP contribution in [0.15, 0.2) is 0 Å². The van der Waals surface area contributed by atoms with E-state index in [-0.39, 0.29) is 88.2 Å². The summed E-state index contributed by atoms with van der Waals surface area (Å²) in [6.07, 6.45) is 2.31. The van der Waals surface area contributed by atoms with Gasteiger partial charge >= 0.3 is 59.7 Å². The average Bonchev–Trinajstić information content (AvgIpc) is 4.13. The van der Waals surface area contributed by atoms with E-state index in [1.165, 1.54) is 6.92 Å². The molecule has 10 rings (SSSR count). The van der Waals surface area contributed by atoms with E-state index in [1.54, 1.807) is 0 Å². The number of carboxylic acid groups (broad SMARTS) is 1. The normalized spacial score (nSPS) is 43.9. The van der Waals surface area contributed by atoms with Crippen molar-refractivity contribution in [1.29, 1.82) is 0 Å². The molecule has 6 bridgehead atoms. The summed E-state index contributed by atoms with van der Waals surface area (Å²) in [5, 5.41) is 20.1. The van der Waals surface area contributed by atoms with Crippen LogP contribution in [-0.4, -0.2) is 103 Å². The van der Waals surface area contributed by atoms with Crippen LogP contribution in [0.25, 0.3) is 0 Å². The van der Waals surface area contributed by atoms with Crippen LogP contribution in [0.2, 0.25) is 0 Å². The van der Waals surface area contributed by atoms with Crippen LogP contribution in [0.3, 0.4) is 0 Å². The van der Waals surface area contributed by atoms with E-state index in [4.69, 9.17) is 33.2 Å². The van der Waals surface area contributed by atoms with Crippen molar-refractivity contribution in [2.24, 2.45) is 130 Å². The number of rotatable bonds is 12. The van der Waals surface area contributed by atoms with Gasteiger partial charge in [0.05, 0.1) is 79.5 Å². The summed E-state index contributed by atoms with van der Waals surface area (Å²) in [7, 11) is 1.10. The highest BCUT2D eigenvalue weighted by molar-refractivity contribution is 6.00. The van der Waals surface area contributed by atoms with Crippen molar-refractivity contribution >= 4 is 59.7 Å². The monoisotopic (exact) mass is 1010 g/mol. The minimum absolute atomic E-state index is 0. The molecule has 23 atom stereocenters. The van der Waals surface area contributed by atoms with E-state index in [0.29, 0.717) is 25.9 Å². The number of hydrogen-bond acceptors (Lipinski definition) is 18. The number of hydrogen-bond donors (Lipinski definition) is 2. The zero-order chi connectivity index (χ0) is 46.1. The minimum Gasteiger partial charge on any atom is -0.481 e. The zero-order valence-corrected chi connectivity index (χ0v) is 36.2. The number of aliphatic hydroxyl groups is 1. The van der Waals surface area contributed by atoms with Gasteiger partial charge in [0.1, 0.15) is 6.61 Å². The van der Waals surface area contributed by atoms with Crippen molar-refractivity contribution < 1.29 is 91.3 Å². The van der Waals surface area contributed by atoms with E-state index < -0.39 is 185 Å². The third-order valence-electron chi connectivity index (χ3n) is 18.5. The first-order chi connectivity index (χ1) is 31.1. The van der Waals surface area contributed by atoms with Gasteiger partial charge < -0.3 is 43.4 Å². The van der Waals surface area contributed by atoms with Crippen molar-refractivity contribution in [1.82, 2.24) is 0 Å². The van der Waals surface area contributed by atoms with Crippen LogP contribution in [-0.2, 0) is 81.1 Å². The van der Waals surface area contributed by atoms with Crippen molar-refractivity contribution in [3.8, 4) is 0 Å². The fourth-order valence-corrected chi connectivity index (χ4v) is 16.5. The minimum atomic E-state index is -1.45. The maximum Gasteiger partial charge on any atom is 0.317 e. The fourth-order valence-electron chi connectivity index (χ4n) is 16.5. The first-order valence-corrected chi connectivity index (χ1v) is 23.2. The molecule has 4 heterocycles. The van der Waals surface area contributed by atoms with Crippen molar-refractivity contribution in [3.05, 3.63) is 0 Å². The lowest BCUT2D eigenvalue weighted by atomic mass is 9.53. The summed E-state index contributed by atoms with van der Waals surface area (Å²) in [5.74, 6) is -28.2. The molecule has 19 nitrogen and oxygen atoms in total. The average molecular weight is 1010 g/mol. The molecule has 0 aromatic carbocycles. The third-order valence-corrected chi connectivity index (χ3v) is 18.5. The molecule has 71 heavy (non-hydrogen) atoms. The quantitative estimate of drug-likeness (QED) is 0.145. The molecule has 6 aliphatic carbocycles. The number of fused-ring (bicyclic) bond motifs is 6. The number of carbonyl (C=O) groups is 10. The maximum absolute atomic E-state index is 14.6. The molecule has 0 amide bonds. The second-order valence-electron chi connectivity index (χ2n) is 20.6. The smallest absolute Gasteiger partial charge is 0.317 e. The number of methoxy groups -OCH3 is 1. The van der Waals surface area contributed by atoms with Gasteiger partial charge in [0.25, 0.3) is 0 Å². The lowest BCUT2D eigenvalue weighted by Gasteiger charge is -2.46. The van der Waals surface area contributed by atoms with Gasteiger partial charge in [-0.05, 0) is 110 Å². The molecule has 19 heteroatoms. The lowest BCUT2D eigenvalue weighted by Crippen LogP contribution is -2.53. The van der Waals surface area contributed by atoms with Gasteiger partial charge in [0, 0.05) is 6.42 Å². The van der Waals surface area contributed by atoms with Crippen LogP contribution in [0.1, 0.15) is 103 Å². The molecule has 23 unspecified atom stereocenters. The van der Waals surface area contributed by atoms with Gasteiger partial charge in [-0.2, -0.15) is 0 Å². The summed E-state index contributed by atoms with van der Waals surface area (Å²) >= 11 is 0. The number of esters is 9. The summed E-state index contributed by atoms with van der Waals surface area (Å²) in [6, 6.07) is 0. The number of aliphatic hydroxyl groups excluding tert-OH is 1. The van der Waals surface area contributed by atoms with Gasteiger partial charge in [-0.3, -0.25) is 47.9 Å². The van der Waals surface area contributed by atoms with Crippen LogP contribution in [0.4, 0.5) is 0 Å². The topological polar surface area (TPSA) is 276 Å². The van der Waals surface area contributed by atoms with E-state index in [9.17, 15) is 58.2 Å². The van der Waals surface area contributed by atoms with Crippen LogP contribution in [0, 0.1) is 130 Å². The van der Waals surface area contributed by atoms with Crippen LogP contribution < -0.4 is 0 Å². The third kappa shape index (κ3) is 8.79. The Labute approximate surface area is 416 Å². The van der Waals surface area contributed by atoms with Crippen LogP contribution >= 0.6 is 0 Å². The van der Waals surface area contributed by atoms with Crippen molar-refractivity contribution in [3.63, 3.8) is 0 Å². The van der Waals surface area contributed by atoms with Gasteiger partial charge in [-0.1, -0.05) is 58.4 Å². The molecule has 10 fully saturated rings. The van der Waals surface area contributed by atoms with Crippen LogP contribution in [0.5, 0.6) is 0 Å². The zero-order valence-electron chi connectivity index (χ0n) is 36.2. The van der Waals surface area contributed by atoms with Gasteiger partial charge in [0.15, 0.2) is 0 Å². The van der Waals surface area contributed by atoms with Gasteiger partial charge in [-0.15, -0.1) is 0 Å². The molecule has 10 aliphatic rings. The first kappa shape index (κ1) is 58.8. The lowest BCUT2D eigenvalue weighted by molar-refractivity contribution is -0.179. The van der Waals surface area contributed by atoms with E-state index >= 15 is 0 Å². The number of aliphatic carboxylic acids is 1. The summed E-state index contributed by atoms with van der Waals surface area (Å²) in [6.45, 7) is 3.17. The Morgan fingerprint density at radius 3 is 1.56 bits per heavy atom. The van der Waals surface area contributed by atoms with Gasteiger partial charge in [0.2, 0.25) is 6.29 Å². The number of ether oxygens (including phenoxy) is 7. The Morgan fingerprint density at radius 1 is 0.563 bits per heavy atom. The van der Waals surface area contributed by atoms with E-state index in [2.05, 4.69) is 0 Å². The Balaban J connectivity index is 0.00000183. The molecule has 4 aliphatic heterocycles. The number of cyclic esters (lactones) is 6. The predicted molar refractivity (Wildman–Crippen MR) is 248 cm³/mol. The molecular formula is C52H78O19. The highest BCUT2D eigenvalue weighted by atomic mass is 16.7. The molecule has 0 radical (unpaired) electrons. The Morgan fingerprint density at radius 2 is 1.04 bits per heavy atom. The molecular weight excluding hydrogens is 929 g/mol. The standard InChI is InChI=1S/C46H54O19.6CH4/c1-14-16-9-18(21(10-16)40(52)62-24-5-4-7-60-24)25(14)33-34(44(56)64-43(33)55)27-17-11-19(20(12-17)39(51)61-8-6-47)28(27)35-36(46(58)65-45(35)57)30-23-13-22(31(37(48)49)32(23)41(53)59-3)29(30)26-15(2)38(50)63-42(26)54;;;;;;/h14-36,47H,4-13H2,1-3H3,(H,48,49);6*1H4. The number of carboxylic acids is 1. The molecule has 0 aromatic rings. The molecule has 4 saturated heterocycles. The highest BCUT2D eigenvalue weighted by Crippen LogP contribution is 2.70. The number of carbonyl (C=O) groups excluding carboxylic acids is 9. The summed E-state index contributed by atoms with van der Waals surface area (Å²) in [5.41, 5.74) is 0. The summed E-state index contributed by atoms with van der Waals surface area (Å²) < 4.78 is 38.0. The SMILES string of the molecule is C.C.C.C.C.C.COC(=O)C1C2CC(C1C(=O)O)C(C1C(=O)OC(=O)C1C)C2C1C(=O)OC(=O)C1C1C2CC(CC2C(=O)OCCO)C1C1C(=O)OC(=O)C1C1C(C)C2CC(C(=O)OC3CCCO3)C1C2. The Kier molecular flexibility index (Phi) is 18.0. The predicted octanol–water partition coefficient (Wildman–Crippen LogP) is 5.15. The molecule has 2 N–H and O–H groups in total. The second-order valence-corrected chi connectivity index (χ2v) is 20.6. The molecule has 0 aromatic heterocycles. The van der Waals surface area contributed by atoms with Gasteiger partial charge in [-0.25, -0.2) is 0 Å².